The van der Waals surface area contributed by atoms with E-state index in [-0.39, 0.29) is 5.56 Å². The molecule has 3 N–H and O–H groups in total. The summed E-state index contributed by atoms with van der Waals surface area (Å²) in [7, 11) is 1.95. The first kappa shape index (κ1) is 15.5. The average molecular weight is 349 g/mol. The number of halogens is 1. The number of nitrogens with two attached hydrogens (primary N) is 1. The van der Waals surface area contributed by atoms with Crippen LogP contribution in [0.4, 0.5) is 5.69 Å². The molecule has 0 radical (unpaired) electrons. The lowest BCUT2D eigenvalue weighted by atomic mass is 10.0. The summed E-state index contributed by atoms with van der Waals surface area (Å²) < 4.78 is 1.04. The number of carbonyl (C=O) groups is 1. The zero-order valence-corrected chi connectivity index (χ0v) is 13.3. The minimum absolute atomic E-state index is 0.191. The van der Waals surface area contributed by atoms with Gasteiger partial charge >= 0.3 is 5.97 Å². The number of nitrogens with zero attached hydrogens (tertiary/aromatic N) is 1. The van der Waals surface area contributed by atoms with Crippen molar-refractivity contribution in [2.75, 3.05) is 12.8 Å². The highest BCUT2D eigenvalue weighted by Crippen LogP contribution is 2.21. The van der Waals surface area contributed by atoms with Gasteiger partial charge in [0.05, 0.1) is 5.56 Å². The number of carboxylic acid groups (broad SMARTS) is 1. The summed E-state index contributed by atoms with van der Waals surface area (Å²) in [4.78, 5) is 13.4. The van der Waals surface area contributed by atoms with E-state index in [1.807, 2.05) is 31.3 Å². The largest absolute Gasteiger partial charge is 0.478 e. The lowest BCUT2D eigenvalue weighted by Crippen LogP contribution is -2.20. The minimum Gasteiger partial charge on any atom is -0.478 e. The number of rotatable bonds is 5. The minimum atomic E-state index is -0.989. The third kappa shape index (κ3) is 3.83. The number of hydrogen-bond donors (Lipinski definition) is 2. The maximum absolute atomic E-state index is 11.3. The molecule has 2 aromatic carbocycles. The molecular formula is C16H17BrN2O2. The van der Waals surface area contributed by atoms with Gasteiger partial charge in [0.25, 0.3) is 0 Å². The van der Waals surface area contributed by atoms with E-state index in [2.05, 4.69) is 20.8 Å². The number of anilines is 1. The van der Waals surface area contributed by atoms with Crippen LogP contribution in [0, 0.1) is 0 Å². The molecule has 0 saturated carbocycles. The van der Waals surface area contributed by atoms with E-state index in [0.717, 1.165) is 22.1 Å². The van der Waals surface area contributed by atoms with E-state index < -0.39 is 5.97 Å². The first-order chi connectivity index (χ1) is 9.99. The molecule has 0 atom stereocenters. The molecule has 0 aliphatic heterocycles. The van der Waals surface area contributed by atoms with Crippen LogP contribution >= 0.6 is 15.9 Å². The van der Waals surface area contributed by atoms with Crippen molar-refractivity contribution < 1.29 is 9.90 Å². The van der Waals surface area contributed by atoms with Crippen molar-refractivity contribution in [3.63, 3.8) is 0 Å². The van der Waals surface area contributed by atoms with Gasteiger partial charge in [-0.05, 0) is 30.3 Å². The van der Waals surface area contributed by atoms with E-state index in [1.54, 1.807) is 18.2 Å². The molecule has 0 aromatic heterocycles. The van der Waals surface area contributed by atoms with Crippen molar-refractivity contribution >= 4 is 27.6 Å². The Kier molecular flexibility index (Phi) is 4.98. The second-order valence-corrected chi connectivity index (χ2v) is 5.80. The summed E-state index contributed by atoms with van der Waals surface area (Å²) in [6.07, 6.45) is 0. The van der Waals surface area contributed by atoms with Gasteiger partial charge < -0.3 is 10.8 Å². The fraction of sp³-hybridized carbons (Fsp3) is 0.188. The van der Waals surface area contributed by atoms with E-state index >= 15 is 0 Å². The zero-order chi connectivity index (χ0) is 15.4. The molecule has 0 saturated heterocycles. The topological polar surface area (TPSA) is 66.6 Å². The van der Waals surface area contributed by atoms with Gasteiger partial charge in [0.1, 0.15) is 0 Å². The summed E-state index contributed by atoms with van der Waals surface area (Å²) in [5.74, 6) is -0.989. The number of aromatic carboxylic acids is 1. The Balaban J connectivity index is 2.17. The van der Waals surface area contributed by atoms with Crippen molar-refractivity contribution in [2.24, 2.45) is 0 Å². The van der Waals surface area contributed by atoms with E-state index in [9.17, 15) is 9.90 Å². The number of nitrogen functional groups attached to an aromatic ring is 1. The fourth-order valence-corrected chi connectivity index (χ4v) is 2.69. The molecule has 0 bridgehead atoms. The number of hydrogen-bond acceptors (Lipinski definition) is 3. The van der Waals surface area contributed by atoms with Gasteiger partial charge in [-0.3, -0.25) is 4.90 Å². The van der Waals surface area contributed by atoms with Crippen LogP contribution in [0.5, 0.6) is 0 Å². The zero-order valence-electron chi connectivity index (χ0n) is 11.7. The molecular weight excluding hydrogens is 332 g/mol. The lowest BCUT2D eigenvalue weighted by molar-refractivity contribution is 0.0696. The lowest BCUT2D eigenvalue weighted by Gasteiger charge is -2.19. The summed E-state index contributed by atoms with van der Waals surface area (Å²) in [5.41, 5.74) is 8.13. The molecule has 2 aromatic rings. The van der Waals surface area contributed by atoms with E-state index in [4.69, 9.17) is 5.73 Å². The highest BCUT2D eigenvalue weighted by Gasteiger charge is 2.15. The highest BCUT2D eigenvalue weighted by molar-refractivity contribution is 9.10. The van der Waals surface area contributed by atoms with Gasteiger partial charge in [-0.15, -0.1) is 0 Å². The average Bonchev–Trinajstić information content (AvgIpc) is 2.41. The summed E-state index contributed by atoms with van der Waals surface area (Å²) >= 11 is 3.52. The van der Waals surface area contributed by atoms with Crippen LogP contribution in [0.1, 0.15) is 21.5 Å². The molecule has 110 valence electrons. The van der Waals surface area contributed by atoms with Crippen molar-refractivity contribution in [2.45, 2.75) is 13.1 Å². The van der Waals surface area contributed by atoms with Crippen LogP contribution in [0.15, 0.2) is 46.9 Å². The van der Waals surface area contributed by atoms with Crippen molar-refractivity contribution in [3.05, 3.63) is 63.6 Å². The first-order valence-corrected chi connectivity index (χ1v) is 7.31. The maximum atomic E-state index is 11.3. The predicted octanol–water partition coefficient (Wildman–Crippen LogP) is 3.36. The van der Waals surface area contributed by atoms with Crippen LogP contribution in [-0.4, -0.2) is 23.0 Å². The van der Waals surface area contributed by atoms with E-state index in [1.165, 1.54) is 0 Å². The normalized spacial score (nSPS) is 10.8. The van der Waals surface area contributed by atoms with Crippen LogP contribution in [0.25, 0.3) is 0 Å². The molecule has 0 heterocycles. The van der Waals surface area contributed by atoms with Crippen molar-refractivity contribution in [1.82, 2.24) is 4.90 Å². The molecule has 0 amide bonds. The molecule has 0 spiro atoms. The van der Waals surface area contributed by atoms with E-state index in [0.29, 0.717) is 12.2 Å². The molecule has 0 aliphatic carbocycles. The van der Waals surface area contributed by atoms with Gasteiger partial charge in [-0.25, -0.2) is 4.79 Å². The monoisotopic (exact) mass is 348 g/mol. The van der Waals surface area contributed by atoms with Gasteiger partial charge in [0, 0.05) is 23.2 Å². The molecule has 0 fully saturated rings. The van der Waals surface area contributed by atoms with Crippen LogP contribution < -0.4 is 5.73 Å². The van der Waals surface area contributed by atoms with Crippen molar-refractivity contribution in [1.29, 1.82) is 0 Å². The van der Waals surface area contributed by atoms with Crippen LogP contribution in [0.2, 0.25) is 0 Å². The fourth-order valence-electron chi connectivity index (χ4n) is 2.28. The Labute approximate surface area is 132 Å². The Morgan fingerprint density at radius 1 is 1.14 bits per heavy atom. The highest BCUT2D eigenvalue weighted by atomic mass is 79.9. The number of carboxylic acids is 1. The predicted molar refractivity (Wildman–Crippen MR) is 87.1 cm³/mol. The maximum Gasteiger partial charge on any atom is 0.338 e. The van der Waals surface area contributed by atoms with Crippen LogP contribution in [0.3, 0.4) is 0 Å². The second-order valence-electron chi connectivity index (χ2n) is 4.95. The summed E-state index contributed by atoms with van der Waals surface area (Å²) in [5, 5.41) is 9.29. The van der Waals surface area contributed by atoms with Crippen molar-refractivity contribution in [3.8, 4) is 0 Å². The third-order valence-corrected chi connectivity index (χ3v) is 4.01. The van der Waals surface area contributed by atoms with Gasteiger partial charge in [0.2, 0.25) is 0 Å². The summed E-state index contributed by atoms with van der Waals surface area (Å²) in [6.45, 7) is 1.24. The van der Waals surface area contributed by atoms with Gasteiger partial charge in [-0.2, -0.15) is 0 Å². The molecule has 4 nitrogen and oxygen atoms in total. The molecule has 5 heteroatoms. The van der Waals surface area contributed by atoms with Crippen LogP contribution in [-0.2, 0) is 13.1 Å². The first-order valence-electron chi connectivity index (χ1n) is 6.51. The third-order valence-electron chi connectivity index (χ3n) is 3.24. The SMILES string of the molecule is CN(Cc1ccccc1Br)Cc1cccc(N)c1C(=O)O. The standard InChI is InChI=1S/C16H17BrN2O2/c1-19(9-11-5-2-3-7-13(11)17)10-12-6-4-8-14(18)15(12)16(20)21/h2-8H,9-10,18H2,1H3,(H,20,21). The number of benzene rings is 2. The smallest absolute Gasteiger partial charge is 0.338 e. The second kappa shape index (κ2) is 6.74. The Morgan fingerprint density at radius 2 is 1.76 bits per heavy atom. The molecule has 0 unspecified atom stereocenters. The molecule has 2 rings (SSSR count). The Hall–Kier alpha value is -1.85. The Bertz CT molecular complexity index is 658. The summed E-state index contributed by atoms with van der Waals surface area (Å²) in [6, 6.07) is 13.2. The molecule has 21 heavy (non-hydrogen) atoms. The van der Waals surface area contributed by atoms with Gasteiger partial charge in [-0.1, -0.05) is 46.3 Å². The Morgan fingerprint density at radius 3 is 2.43 bits per heavy atom. The quantitative estimate of drug-likeness (QED) is 0.813. The molecule has 0 aliphatic rings. The van der Waals surface area contributed by atoms with Gasteiger partial charge in [0.15, 0.2) is 0 Å².